The number of rotatable bonds is 3. The molecule has 0 spiro atoms. The second-order valence-electron chi connectivity index (χ2n) is 6.24. The minimum atomic E-state index is -0.200. The minimum Gasteiger partial charge on any atom is -0.508 e. The van der Waals surface area contributed by atoms with Gasteiger partial charge in [0.05, 0.1) is 6.04 Å². The Morgan fingerprint density at radius 3 is 2.46 bits per heavy atom. The molecule has 136 valence electrons. The summed E-state index contributed by atoms with van der Waals surface area (Å²) < 4.78 is 0.943. The molecule has 0 saturated carbocycles. The van der Waals surface area contributed by atoms with Crippen LogP contribution >= 0.6 is 15.9 Å². The summed E-state index contributed by atoms with van der Waals surface area (Å²) in [6.07, 6.45) is 1.64. The number of anilines is 2. The van der Waals surface area contributed by atoms with Gasteiger partial charge in [0.15, 0.2) is 0 Å². The Labute approximate surface area is 160 Å². The highest BCUT2D eigenvalue weighted by molar-refractivity contribution is 9.10. The first-order valence-electron chi connectivity index (χ1n) is 8.38. The quantitative estimate of drug-likeness (QED) is 0.688. The number of amides is 3. The van der Waals surface area contributed by atoms with Crippen LogP contribution in [0.2, 0.25) is 0 Å². The van der Waals surface area contributed by atoms with E-state index in [9.17, 15) is 14.7 Å². The average Bonchev–Trinajstić information content (AvgIpc) is 3.06. The van der Waals surface area contributed by atoms with Crippen molar-refractivity contribution in [3.05, 3.63) is 52.5 Å². The lowest BCUT2D eigenvalue weighted by atomic mass is 10.0. The van der Waals surface area contributed by atoms with Crippen molar-refractivity contribution in [3.8, 4) is 5.75 Å². The van der Waals surface area contributed by atoms with E-state index in [1.54, 1.807) is 17.0 Å². The second kappa shape index (κ2) is 7.78. The molecule has 2 aromatic rings. The molecule has 6 nitrogen and oxygen atoms in total. The Kier molecular flexibility index (Phi) is 5.46. The van der Waals surface area contributed by atoms with E-state index in [0.717, 1.165) is 17.3 Å². The first kappa shape index (κ1) is 18.3. The van der Waals surface area contributed by atoms with Gasteiger partial charge in [0, 0.05) is 40.9 Å². The van der Waals surface area contributed by atoms with Crippen LogP contribution in [0.3, 0.4) is 0 Å². The molecule has 3 N–H and O–H groups in total. The molecule has 1 atom stereocenters. The van der Waals surface area contributed by atoms with Gasteiger partial charge in [-0.3, -0.25) is 4.79 Å². The van der Waals surface area contributed by atoms with Crippen LogP contribution in [0.25, 0.3) is 0 Å². The number of nitrogens with zero attached hydrogens (tertiary/aromatic N) is 1. The zero-order chi connectivity index (χ0) is 18.7. The maximum absolute atomic E-state index is 12.7. The lowest BCUT2D eigenvalue weighted by molar-refractivity contribution is -0.114. The molecular weight excluding hydrogens is 398 g/mol. The van der Waals surface area contributed by atoms with Gasteiger partial charge in [-0.2, -0.15) is 0 Å². The van der Waals surface area contributed by atoms with Crippen molar-refractivity contribution >= 4 is 39.2 Å². The summed E-state index contributed by atoms with van der Waals surface area (Å²) in [5.74, 6) is -0.127. The van der Waals surface area contributed by atoms with Crippen molar-refractivity contribution in [2.45, 2.75) is 25.8 Å². The van der Waals surface area contributed by atoms with Gasteiger partial charge >= 0.3 is 6.03 Å². The molecular formula is C19H20BrN3O3. The Balaban J connectivity index is 1.76. The van der Waals surface area contributed by atoms with Crippen molar-refractivity contribution in [2.75, 3.05) is 17.2 Å². The number of carbonyl (C=O) groups is 2. The van der Waals surface area contributed by atoms with E-state index in [2.05, 4.69) is 26.6 Å². The molecule has 3 rings (SSSR count). The number of likely N-dealkylation sites (tertiary alicyclic amines) is 1. The molecule has 1 aliphatic rings. The van der Waals surface area contributed by atoms with E-state index in [-0.39, 0.29) is 23.7 Å². The van der Waals surface area contributed by atoms with Crippen LogP contribution in [0.5, 0.6) is 5.75 Å². The number of hydrogen-bond donors (Lipinski definition) is 3. The van der Waals surface area contributed by atoms with Crippen molar-refractivity contribution in [2.24, 2.45) is 0 Å². The van der Waals surface area contributed by atoms with Crippen molar-refractivity contribution in [3.63, 3.8) is 0 Å². The van der Waals surface area contributed by atoms with Gasteiger partial charge in [-0.1, -0.05) is 22.0 Å². The van der Waals surface area contributed by atoms with E-state index in [1.807, 2.05) is 24.3 Å². The van der Waals surface area contributed by atoms with Crippen molar-refractivity contribution in [1.82, 2.24) is 4.90 Å². The molecule has 7 heteroatoms. The topological polar surface area (TPSA) is 81.7 Å². The molecule has 2 aromatic carbocycles. The number of aromatic hydroxyl groups is 1. The smallest absolute Gasteiger partial charge is 0.322 e. The molecule has 1 saturated heterocycles. The van der Waals surface area contributed by atoms with Gasteiger partial charge in [0.1, 0.15) is 5.75 Å². The van der Waals surface area contributed by atoms with Gasteiger partial charge in [-0.25, -0.2) is 4.79 Å². The number of phenolic OH excluding ortho intramolecular Hbond substituents is 1. The minimum absolute atomic E-state index is 0.0737. The third-order valence-corrected chi connectivity index (χ3v) is 4.85. The van der Waals surface area contributed by atoms with Crippen LogP contribution in [0.1, 0.15) is 31.4 Å². The molecule has 1 fully saturated rings. The summed E-state index contributed by atoms with van der Waals surface area (Å²) in [5.41, 5.74) is 1.93. The number of carbonyl (C=O) groups excluding carboxylic acids is 2. The Hall–Kier alpha value is -2.54. The van der Waals surface area contributed by atoms with Gasteiger partial charge in [0.25, 0.3) is 0 Å². The molecule has 0 bridgehead atoms. The van der Waals surface area contributed by atoms with Crippen LogP contribution in [0, 0.1) is 0 Å². The fourth-order valence-corrected chi connectivity index (χ4v) is 3.43. The predicted octanol–water partition coefficient (Wildman–Crippen LogP) is 4.48. The van der Waals surface area contributed by atoms with Gasteiger partial charge in [-0.05, 0) is 43.2 Å². The fraction of sp³-hybridized carbons (Fsp3) is 0.263. The van der Waals surface area contributed by atoms with E-state index in [1.165, 1.54) is 13.0 Å². The Morgan fingerprint density at radius 1 is 1.12 bits per heavy atom. The van der Waals surface area contributed by atoms with Gasteiger partial charge in [0.2, 0.25) is 5.91 Å². The van der Waals surface area contributed by atoms with Gasteiger partial charge in [-0.15, -0.1) is 0 Å². The number of phenols is 1. The highest BCUT2D eigenvalue weighted by atomic mass is 79.9. The summed E-state index contributed by atoms with van der Waals surface area (Å²) in [6.45, 7) is 2.04. The highest BCUT2D eigenvalue weighted by Crippen LogP contribution is 2.38. The normalized spacial score (nSPS) is 16.4. The molecule has 0 aliphatic carbocycles. The molecule has 1 heterocycles. The van der Waals surface area contributed by atoms with E-state index < -0.39 is 0 Å². The highest BCUT2D eigenvalue weighted by Gasteiger charge is 2.31. The summed E-state index contributed by atoms with van der Waals surface area (Å²) in [7, 11) is 0. The SMILES string of the molecule is CC(=O)Nc1ccc(C2CCCN2C(=O)Nc2ccc(Br)cc2)c(O)c1. The standard InChI is InChI=1S/C19H20BrN3O3/c1-12(24)21-15-8-9-16(18(25)11-15)17-3-2-10-23(17)19(26)22-14-6-4-13(20)5-7-14/h4-9,11,17,25H,2-3,10H2,1H3,(H,21,24)(H,22,26). The van der Waals surface area contributed by atoms with E-state index in [0.29, 0.717) is 23.5 Å². The molecule has 3 amide bonds. The fourth-order valence-electron chi connectivity index (χ4n) is 3.17. The van der Waals surface area contributed by atoms with Crippen molar-refractivity contribution in [1.29, 1.82) is 0 Å². The van der Waals surface area contributed by atoms with Crippen LogP contribution in [0.15, 0.2) is 46.9 Å². The predicted molar refractivity (Wildman–Crippen MR) is 104 cm³/mol. The summed E-state index contributed by atoms with van der Waals surface area (Å²) in [6, 6.07) is 12.0. The monoisotopic (exact) mass is 417 g/mol. The zero-order valence-electron chi connectivity index (χ0n) is 14.3. The number of hydrogen-bond acceptors (Lipinski definition) is 3. The van der Waals surface area contributed by atoms with Crippen molar-refractivity contribution < 1.29 is 14.7 Å². The molecule has 1 aliphatic heterocycles. The van der Waals surface area contributed by atoms with Crippen LogP contribution in [-0.4, -0.2) is 28.5 Å². The number of nitrogens with one attached hydrogen (secondary N) is 2. The summed E-state index contributed by atoms with van der Waals surface area (Å²) in [4.78, 5) is 25.5. The second-order valence-corrected chi connectivity index (χ2v) is 7.16. The number of urea groups is 1. The first-order valence-corrected chi connectivity index (χ1v) is 9.17. The Morgan fingerprint density at radius 2 is 1.81 bits per heavy atom. The number of halogens is 1. The first-order chi connectivity index (χ1) is 12.4. The third-order valence-electron chi connectivity index (χ3n) is 4.32. The van der Waals surface area contributed by atoms with Crippen LogP contribution in [0.4, 0.5) is 16.2 Å². The maximum atomic E-state index is 12.7. The average molecular weight is 418 g/mol. The lowest BCUT2D eigenvalue weighted by Crippen LogP contribution is -2.34. The zero-order valence-corrected chi connectivity index (χ0v) is 15.9. The molecule has 26 heavy (non-hydrogen) atoms. The molecule has 0 radical (unpaired) electrons. The maximum Gasteiger partial charge on any atom is 0.322 e. The van der Waals surface area contributed by atoms with Crippen LogP contribution in [-0.2, 0) is 4.79 Å². The largest absolute Gasteiger partial charge is 0.508 e. The van der Waals surface area contributed by atoms with E-state index >= 15 is 0 Å². The van der Waals surface area contributed by atoms with E-state index in [4.69, 9.17) is 0 Å². The Bertz CT molecular complexity index is 823. The van der Waals surface area contributed by atoms with Gasteiger partial charge < -0.3 is 20.6 Å². The molecule has 1 unspecified atom stereocenters. The molecule has 0 aromatic heterocycles. The summed E-state index contributed by atoms with van der Waals surface area (Å²) in [5, 5.41) is 15.9. The summed E-state index contributed by atoms with van der Waals surface area (Å²) >= 11 is 3.37. The lowest BCUT2D eigenvalue weighted by Gasteiger charge is -2.26. The third kappa shape index (κ3) is 4.16. The number of benzene rings is 2. The van der Waals surface area contributed by atoms with Crippen LogP contribution < -0.4 is 10.6 Å².